The van der Waals surface area contributed by atoms with Crippen LogP contribution in [0.1, 0.15) is 207 Å². The molecule has 12 aromatic rings. The second-order valence-electron chi connectivity index (χ2n) is 31.4. The van der Waals surface area contributed by atoms with Crippen LogP contribution in [-0.2, 0) is 48.7 Å². The maximum absolute atomic E-state index is 14.6. The van der Waals surface area contributed by atoms with Crippen molar-refractivity contribution in [1.29, 1.82) is 4.78 Å². The Kier molecular flexibility index (Phi) is 34.4. The first kappa shape index (κ1) is 100. The topological polar surface area (TPSA) is 338 Å². The van der Waals surface area contributed by atoms with Crippen LogP contribution in [0, 0.1) is 28.0 Å². The predicted molar refractivity (Wildman–Crippen MR) is 491 cm³/mol. The van der Waals surface area contributed by atoms with E-state index in [1.54, 1.807) is 74.1 Å². The summed E-state index contributed by atoms with van der Waals surface area (Å²) < 4.78 is 201. The summed E-state index contributed by atoms with van der Waals surface area (Å²) in [6, 6.07) is 20.1. The molecule has 3 fully saturated rings. The zero-order valence-electron chi connectivity index (χ0n) is 73.0. The maximum atomic E-state index is 14.6. The number of aromatic nitrogens is 12. The zero-order valence-corrected chi connectivity index (χ0v) is 76.2. The van der Waals surface area contributed by atoms with Crippen molar-refractivity contribution in [3.63, 3.8) is 0 Å². The minimum absolute atomic E-state index is 0.0125. The van der Waals surface area contributed by atoms with Crippen molar-refractivity contribution in [3.8, 4) is 0 Å². The number of aliphatic hydroxyl groups excluding tert-OH is 2. The van der Waals surface area contributed by atoms with Crippen LogP contribution in [0.25, 0.3) is 49.7 Å². The van der Waals surface area contributed by atoms with Crippen LogP contribution in [0.2, 0.25) is 0 Å². The molecule has 25 nitrogen and oxygen atoms in total. The average molecular weight is 1900 g/mol. The van der Waals surface area contributed by atoms with Crippen LogP contribution >= 0.6 is 23.5 Å². The molecule has 16 rings (SSSR count). The second-order valence-corrected chi connectivity index (χ2v) is 37.9. The van der Waals surface area contributed by atoms with Gasteiger partial charge < -0.3 is 31.5 Å². The van der Waals surface area contributed by atoms with Gasteiger partial charge in [0.05, 0.1) is 68.0 Å². The van der Waals surface area contributed by atoms with E-state index in [1.807, 2.05) is 29.6 Å². The molecule has 131 heavy (non-hydrogen) atoms. The van der Waals surface area contributed by atoms with E-state index in [-0.39, 0.29) is 73.8 Å². The number of anilines is 4. The molecule has 8 aromatic heterocycles. The smallest absolute Gasteiger partial charge is 0.266 e. The van der Waals surface area contributed by atoms with Crippen molar-refractivity contribution < 1.29 is 71.3 Å². The van der Waals surface area contributed by atoms with E-state index in [9.17, 15) is 80.3 Å². The van der Waals surface area contributed by atoms with Crippen LogP contribution in [-0.4, -0.2) is 137 Å². The Labute approximate surface area is 756 Å². The third-order valence-corrected chi connectivity index (χ3v) is 28.5. The first-order valence-electron chi connectivity index (χ1n) is 41.7. The third-order valence-electron chi connectivity index (χ3n) is 23.4. The Morgan fingerprint density at radius 3 is 0.992 bits per heavy atom. The van der Waals surface area contributed by atoms with E-state index in [0.717, 1.165) is 91.9 Å². The first-order chi connectivity index (χ1) is 62.6. The highest BCUT2D eigenvalue weighted by Crippen LogP contribution is 2.40. The third kappa shape index (κ3) is 22.8. The number of hydrogen-bond donors (Lipinski definition) is 7. The fraction of sp³-hybridized carbons (Fsp3) is 0.400. The summed E-state index contributed by atoms with van der Waals surface area (Å²) in [5.41, 5.74) is 2.34. The van der Waals surface area contributed by atoms with Crippen molar-refractivity contribution in [1.82, 2.24) is 58.1 Å². The van der Waals surface area contributed by atoms with Gasteiger partial charge in [-0.05, 0) is 137 Å². The largest absolute Gasteiger partial charge is 0.400 e. The summed E-state index contributed by atoms with van der Waals surface area (Å²) in [7, 11) is 5.11. The Morgan fingerprint density at radius 1 is 0.412 bits per heavy atom. The summed E-state index contributed by atoms with van der Waals surface area (Å²) in [4.78, 5) is 85.8. The van der Waals surface area contributed by atoms with Crippen molar-refractivity contribution in [2.45, 2.75) is 140 Å². The Morgan fingerprint density at radius 2 is 0.695 bits per heavy atom. The molecular weight excluding hydrogens is 1800 g/mol. The number of nitrogens with zero attached hydrogens (tertiary/aromatic N) is 12. The lowest BCUT2D eigenvalue weighted by Crippen LogP contribution is -2.29. The number of aryl methyl sites for hydroxylation is 4. The quantitative estimate of drug-likeness (QED) is 0.0349. The molecule has 12 heterocycles. The van der Waals surface area contributed by atoms with Crippen LogP contribution < -0.4 is 43.5 Å². The highest BCUT2D eigenvalue weighted by Gasteiger charge is 2.32. The molecule has 4 aliphatic rings. The fourth-order valence-electron chi connectivity index (χ4n) is 16.2. The van der Waals surface area contributed by atoms with E-state index < -0.39 is 116 Å². The van der Waals surface area contributed by atoms with E-state index in [2.05, 4.69) is 67.2 Å². The van der Waals surface area contributed by atoms with E-state index in [0.29, 0.717) is 121 Å². The number of halogens is 12. The molecule has 700 valence electrons. The van der Waals surface area contributed by atoms with Gasteiger partial charge in [-0.15, -0.1) is 0 Å². The van der Waals surface area contributed by atoms with Gasteiger partial charge in [0.25, 0.3) is 47.9 Å². The molecule has 0 unspecified atom stereocenters. The highest BCUT2D eigenvalue weighted by atomic mass is 32.2. The summed E-state index contributed by atoms with van der Waals surface area (Å²) in [6.07, 6.45) is 0.583. The van der Waals surface area contributed by atoms with E-state index in [1.165, 1.54) is 92.1 Å². The van der Waals surface area contributed by atoms with Crippen molar-refractivity contribution >= 4 is 117 Å². The SMILES string of the molecule is CO.CO.C[C@@H](Nc1ncnc2c1cc(C1=CCSCC1)c(=O)n2C)c1cccc(C(F)F)c1F.C[C@@H](Nc1ncnc2c1cc(C1CCS(=N)(=O)CC1)c(=O)n2C)c1cccc(C(F)F)c1F.C[C@@H](Nc1ncnc2c1cc(C1CCS(=O)CC1)c(=O)n2C)c1cccc(C(F)F)c1F.C[C@@H](Nc1ncnc2c1cc(C1CCSCC1)c(=O)n2C)c1cccc(C(F)F)c1F. The van der Waals surface area contributed by atoms with Gasteiger partial charge in [-0.25, -0.2) is 96.8 Å². The van der Waals surface area contributed by atoms with Crippen molar-refractivity contribution in [2.24, 2.45) is 28.2 Å². The summed E-state index contributed by atoms with van der Waals surface area (Å²) >= 11 is 3.70. The number of allylic oxidation sites excluding steroid dienone is 1. The lowest BCUT2D eigenvalue weighted by atomic mass is 9.94. The number of benzene rings is 4. The molecule has 7 N–H and O–H groups in total. The zero-order chi connectivity index (χ0) is 95.1. The lowest BCUT2D eigenvalue weighted by Gasteiger charge is -2.24. The summed E-state index contributed by atoms with van der Waals surface area (Å²) in [5, 5.41) is 28.8. The van der Waals surface area contributed by atoms with Crippen LogP contribution in [0.4, 0.5) is 76.0 Å². The lowest BCUT2D eigenvalue weighted by molar-refractivity contribution is 0.145. The second kappa shape index (κ2) is 44.9. The first-order valence-corrected chi connectivity index (χ1v) is 47.4. The van der Waals surface area contributed by atoms with E-state index >= 15 is 0 Å². The fourth-order valence-corrected chi connectivity index (χ4v) is 21.0. The number of rotatable bonds is 20. The van der Waals surface area contributed by atoms with E-state index in [4.69, 9.17) is 15.0 Å². The number of alkyl halides is 8. The number of aliphatic hydroxyl groups is 2. The van der Waals surface area contributed by atoms with Crippen molar-refractivity contribution in [3.05, 3.63) is 260 Å². The molecule has 41 heteroatoms. The number of thioether (sulfide) groups is 2. The van der Waals surface area contributed by atoms with Crippen molar-refractivity contribution in [2.75, 3.05) is 81.5 Å². The van der Waals surface area contributed by atoms with Gasteiger partial charge in [-0.3, -0.25) is 46.4 Å². The molecule has 0 spiro atoms. The molecule has 4 aromatic carbocycles. The van der Waals surface area contributed by atoms with Gasteiger partial charge in [0.15, 0.2) is 0 Å². The minimum atomic E-state index is -2.93. The molecular formula is C90H99F12N17O8S4. The van der Waals surface area contributed by atoms with Crippen LogP contribution in [0.3, 0.4) is 0 Å². The number of fused-ring (bicyclic) bond motifs is 4. The Bertz CT molecular complexity index is 6550. The normalized spacial score (nSPS) is 17.9. The van der Waals surface area contributed by atoms with Gasteiger partial charge in [0, 0.05) is 136 Å². The van der Waals surface area contributed by atoms with Crippen LogP contribution in [0.5, 0.6) is 0 Å². The maximum Gasteiger partial charge on any atom is 0.266 e. The van der Waals surface area contributed by atoms with Gasteiger partial charge in [0.1, 0.15) is 94.4 Å². The van der Waals surface area contributed by atoms with Gasteiger partial charge in [0.2, 0.25) is 0 Å². The monoisotopic (exact) mass is 1900 g/mol. The Hall–Kier alpha value is -11.1. The molecule has 0 saturated carbocycles. The Balaban J connectivity index is 0.000000166. The molecule has 4 atom stereocenters. The molecule has 0 aliphatic carbocycles. The highest BCUT2D eigenvalue weighted by molar-refractivity contribution is 7.99. The summed E-state index contributed by atoms with van der Waals surface area (Å²) in [6.45, 7) is 6.64. The average Bonchev–Trinajstić information content (AvgIpc) is 0.797. The molecule has 0 bridgehead atoms. The summed E-state index contributed by atoms with van der Waals surface area (Å²) in [5.74, 6) is 3.20. The number of nitrogens with one attached hydrogen (secondary N) is 5. The molecule has 3 saturated heterocycles. The van der Waals surface area contributed by atoms with Gasteiger partial charge in [-0.1, -0.05) is 78.9 Å². The standard InChI is InChI=1S/C22H24F3N5O2S.C22H23F3N4O2S.C22H23F3N4OS.C22H21F3N4OS.2CH4O/c1-12(14-4-3-5-15(18(14)23)19(24)25)29-20-17-10-16(13-6-8-33(26,32)9-7-13)22(31)30(2)21(17)28-11-27-20;1-12(14-4-3-5-15(18(14)23)19(24)25)28-20-17-10-16(13-6-8-32(31)9-7-13)22(30)29(2)21(17)27-11-26-20;2*1-12(14-4-3-5-15(18(14)23)19(24)25)28-20-17-10-16(13-6-8-31-9-7-13)22(30)29(2)21(17)27-11-26-20;2*1-2/h3-5,10-13,19,26H,6-9H2,1-2H3,(H,27,28,29);3-5,10-13,19H,6-9H2,1-2H3,(H,26,27,28);3-5,10-13,19H,6-9H2,1-2H3,(H,26,27,28);3-6,10-12,19H,7-9H2,1-2H3,(H,26,27,28);2*2H,1H3/t12-,13?,33?;12-,13?,32?;2*12-;;/m1111../s1. The van der Waals surface area contributed by atoms with Gasteiger partial charge in [-0.2, -0.15) is 23.5 Å². The minimum Gasteiger partial charge on any atom is -0.400 e. The predicted octanol–water partition coefficient (Wildman–Crippen LogP) is 18.2. The van der Waals surface area contributed by atoms with Crippen LogP contribution in [0.15, 0.2) is 148 Å². The number of hydrogen-bond acceptors (Lipinski definition) is 23. The molecule has 4 aliphatic heterocycles. The van der Waals surface area contributed by atoms with Gasteiger partial charge >= 0.3 is 0 Å². The number of pyridine rings is 4. The molecule has 0 radical (unpaired) electrons. The molecule has 0 amide bonds.